The first-order chi connectivity index (χ1) is 5.74. The summed E-state index contributed by atoms with van der Waals surface area (Å²) in [5.41, 5.74) is 0.913. The van der Waals surface area contributed by atoms with Crippen LogP contribution in [0.15, 0.2) is 4.99 Å². The van der Waals surface area contributed by atoms with Crippen molar-refractivity contribution >= 4 is 11.9 Å². The van der Waals surface area contributed by atoms with Crippen molar-refractivity contribution in [3.05, 3.63) is 0 Å². The summed E-state index contributed by atoms with van der Waals surface area (Å²) in [7, 11) is 0. The van der Waals surface area contributed by atoms with E-state index >= 15 is 0 Å². The highest BCUT2D eigenvalue weighted by molar-refractivity contribution is 5.86. The van der Waals surface area contributed by atoms with E-state index < -0.39 is 0 Å². The SMILES string of the molecule is CCC=NC(C)CC(=N)C1CC1. The van der Waals surface area contributed by atoms with Gasteiger partial charge in [-0.25, -0.2) is 0 Å². The monoisotopic (exact) mass is 166 g/mol. The molecule has 0 aromatic heterocycles. The predicted molar refractivity (Wildman–Crippen MR) is 53.3 cm³/mol. The van der Waals surface area contributed by atoms with E-state index in [1.165, 1.54) is 12.8 Å². The Hall–Kier alpha value is -0.660. The summed E-state index contributed by atoms with van der Waals surface area (Å²) in [5.74, 6) is 0.615. The van der Waals surface area contributed by atoms with Gasteiger partial charge in [0.1, 0.15) is 0 Å². The van der Waals surface area contributed by atoms with Crippen LogP contribution < -0.4 is 0 Å². The van der Waals surface area contributed by atoms with Crippen LogP contribution in [0.2, 0.25) is 0 Å². The van der Waals surface area contributed by atoms with Crippen molar-refractivity contribution < 1.29 is 0 Å². The highest BCUT2D eigenvalue weighted by atomic mass is 14.8. The molecule has 0 bridgehead atoms. The minimum atomic E-state index is 0.318. The first-order valence-corrected chi connectivity index (χ1v) is 4.83. The Morgan fingerprint density at radius 3 is 2.83 bits per heavy atom. The van der Waals surface area contributed by atoms with Crippen LogP contribution in [0.25, 0.3) is 0 Å². The molecule has 12 heavy (non-hydrogen) atoms. The van der Waals surface area contributed by atoms with Gasteiger partial charge in [-0.05, 0) is 38.3 Å². The first kappa shape index (κ1) is 9.43. The fourth-order valence-electron chi connectivity index (χ4n) is 1.25. The third-order valence-corrected chi connectivity index (χ3v) is 2.13. The van der Waals surface area contributed by atoms with Gasteiger partial charge in [0.15, 0.2) is 0 Å². The van der Waals surface area contributed by atoms with Gasteiger partial charge in [0.2, 0.25) is 0 Å². The summed E-state index contributed by atoms with van der Waals surface area (Å²) in [6.07, 6.45) is 6.29. The molecule has 0 saturated heterocycles. The number of nitrogens with one attached hydrogen (secondary N) is 1. The summed E-state index contributed by atoms with van der Waals surface area (Å²) in [5, 5.41) is 7.70. The number of hydrogen-bond donors (Lipinski definition) is 1. The second-order valence-corrected chi connectivity index (χ2v) is 3.59. The van der Waals surface area contributed by atoms with Gasteiger partial charge < -0.3 is 5.41 Å². The van der Waals surface area contributed by atoms with Gasteiger partial charge in [-0.2, -0.15) is 0 Å². The minimum absolute atomic E-state index is 0.318. The molecular weight excluding hydrogens is 148 g/mol. The Balaban J connectivity index is 2.19. The normalized spacial score (nSPS) is 19.8. The van der Waals surface area contributed by atoms with Crippen molar-refractivity contribution in [2.24, 2.45) is 10.9 Å². The lowest BCUT2D eigenvalue weighted by molar-refractivity contribution is 0.765. The molecule has 2 heteroatoms. The number of aliphatic imine (C=N–C) groups is 1. The van der Waals surface area contributed by atoms with Crippen LogP contribution in [-0.2, 0) is 0 Å². The zero-order chi connectivity index (χ0) is 8.97. The molecule has 1 atom stereocenters. The fraction of sp³-hybridized carbons (Fsp3) is 0.800. The number of rotatable bonds is 5. The second-order valence-electron chi connectivity index (χ2n) is 3.59. The molecule has 1 saturated carbocycles. The summed E-state index contributed by atoms with van der Waals surface area (Å²) < 4.78 is 0. The molecule has 68 valence electrons. The highest BCUT2D eigenvalue weighted by Gasteiger charge is 2.26. The van der Waals surface area contributed by atoms with Crippen LogP contribution in [0.5, 0.6) is 0 Å². The summed E-state index contributed by atoms with van der Waals surface area (Å²) >= 11 is 0. The Bertz CT molecular complexity index is 180. The first-order valence-electron chi connectivity index (χ1n) is 4.83. The third-order valence-electron chi connectivity index (χ3n) is 2.13. The lowest BCUT2D eigenvalue weighted by atomic mass is 10.1. The largest absolute Gasteiger partial charge is 0.309 e. The van der Waals surface area contributed by atoms with Crippen LogP contribution in [0, 0.1) is 11.3 Å². The summed E-state index contributed by atoms with van der Waals surface area (Å²) in [6, 6.07) is 0.318. The maximum Gasteiger partial charge on any atom is 0.0519 e. The molecule has 1 unspecified atom stereocenters. The predicted octanol–water partition coefficient (Wildman–Crippen LogP) is 2.68. The van der Waals surface area contributed by atoms with Crippen molar-refractivity contribution in [3.63, 3.8) is 0 Å². The average molecular weight is 166 g/mol. The Morgan fingerprint density at radius 2 is 2.33 bits per heavy atom. The van der Waals surface area contributed by atoms with Crippen molar-refractivity contribution in [3.8, 4) is 0 Å². The summed E-state index contributed by atoms with van der Waals surface area (Å²) in [6.45, 7) is 4.17. The van der Waals surface area contributed by atoms with E-state index in [-0.39, 0.29) is 0 Å². The van der Waals surface area contributed by atoms with Crippen molar-refractivity contribution in [1.29, 1.82) is 5.41 Å². The molecule has 2 nitrogen and oxygen atoms in total. The lowest BCUT2D eigenvalue weighted by Gasteiger charge is -2.05. The standard InChI is InChI=1S/C10H18N2/c1-3-6-12-8(2)7-10(11)9-4-5-9/h6,8-9,11H,3-5,7H2,1-2H3. The minimum Gasteiger partial charge on any atom is -0.309 e. The highest BCUT2D eigenvalue weighted by Crippen LogP contribution is 2.31. The van der Waals surface area contributed by atoms with Crippen LogP contribution in [0.4, 0.5) is 0 Å². The molecule has 0 aromatic rings. The molecule has 0 amide bonds. The van der Waals surface area contributed by atoms with Gasteiger partial charge in [0, 0.05) is 12.1 Å². The van der Waals surface area contributed by atoms with Crippen molar-refractivity contribution in [1.82, 2.24) is 0 Å². The van der Waals surface area contributed by atoms with Gasteiger partial charge in [-0.15, -0.1) is 0 Å². The van der Waals surface area contributed by atoms with Gasteiger partial charge in [-0.3, -0.25) is 4.99 Å². The van der Waals surface area contributed by atoms with Crippen LogP contribution in [0.3, 0.4) is 0 Å². The van der Waals surface area contributed by atoms with E-state index in [1.807, 2.05) is 6.21 Å². The molecule has 0 aliphatic heterocycles. The van der Waals surface area contributed by atoms with Gasteiger partial charge in [0.25, 0.3) is 0 Å². The Labute approximate surface area is 74.6 Å². The van der Waals surface area contributed by atoms with Crippen LogP contribution >= 0.6 is 0 Å². The smallest absolute Gasteiger partial charge is 0.0519 e. The molecule has 1 aliphatic rings. The van der Waals surface area contributed by atoms with E-state index in [0.717, 1.165) is 18.6 Å². The van der Waals surface area contributed by atoms with E-state index in [9.17, 15) is 0 Å². The molecule has 1 aliphatic carbocycles. The van der Waals surface area contributed by atoms with E-state index in [1.54, 1.807) is 0 Å². The van der Waals surface area contributed by atoms with E-state index in [0.29, 0.717) is 12.0 Å². The molecule has 1 rings (SSSR count). The fourth-order valence-corrected chi connectivity index (χ4v) is 1.25. The number of nitrogens with zero attached hydrogens (tertiary/aromatic N) is 1. The van der Waals surface area contributed by atoms with Crippen molar-refractivity contribution in [2.75, 3.05) is 0 Å². The molecule has 1 fully saturated rings. The molecular formula is C10H18N2. The zero-order valence-corrected chi connectivity index (χ0v) is 8.01. The quantitative estimate of drug-likeness (QED) is 0.610. The molecule has 0 heterocycles. The second kappa shape index (κ2) is 4.39. The van der Waals surface area contributed by atoms with E-state index in [2.05, 4.69) is 18.8 Å². The molecule has 0 aromatic carbocycles. The topological polar surface area (TPSA) is 36.2 Å². The van der Waals surface area contributed by atoms with Gasteiger partial charge >= 0.3 is 0 Å². The molecule has 0 radical (unpaired) electrons. The Morgan fingerprint density at radius 1 is 1.67 bits per heavy atom. The lowest BCUT2D eigenvalue weighted by Crippen LogP contribution is -2.09. The van der Waals surface area contributed by atoms with Crippen LogP contribution in [-0.4, -0.2) is 18.0 Å². The molecule has 1 N–H and O–H groups in total. The van der Waals surface area contributed by atoms with Crippen LogP contribution in [0.1, 0.15) is 39.5 Å². The Kier molecular flexibility index (Phi) is 3.45. The third kappa shape index (κ3) is 3.16. The average Bonchev–Trinajstić information content (AvgIpc) is 2.82. The maximum absolute atomic E-state index is 7.70. The molecule has 0 spiro atoms. The van der Waals surface area contributed by atoms with Gasteiger partial charge in [-0.1, -0.05) is 6.92 Å². The maximum atomic E-state index is 7.70. The van der Waals surface area contributed by atoms with Gasteiger partial charge in [0.05, 0.1) is 6.04 Å². The number of hydrogen-bond acceptors (Lipinski definition) is 2. The summed E-state index contributed by atoms with van der Waals surface area (Å²) in [4.78, 5) is 4.33. The van der Waals surface area contributed by atoms with Crippen molar-refractivity contribution in [2.45, 2.75) is 45.6 Å². The zero-order valence-electron chi connectivity index (χ0n) is 8.01. The van der Waals surface area contributed by atoms with E-state index in [4.69, 9.17) is 5.41 Å².